The maximum absolute atomic E-state index is 8.95. The van der Waals surface area contributed by atoms with Crippen LogP contribution in [0.2, 0.25) is 0 Å². The molecule has 0 amide bonds. The first-order valence-corrected chi connectivity index (χ1v) is 7.55. The zero-order chi connectivity index (χ0) is 12.0. The van der Waals surface area contributed by atoms with E-state index in [1.807, 2.05) is 25.6 Å². The molecule has 1 rings (SSSR count). The predicted octanol–water partition coefficient (Wildman–Crippen LogP) is 3.19. The van der Waals surface area contributed by atoms with Crippen molar-refractivity contribution in [1.29, 1.82) is 5.26 Å². The molecule has 2 atom stereocenters. The zero-order valence-electron chi connectivity index (χ0n) is 10.8. The Morgan fingerprint density at radius 3 is 2.69 bits per heavy atom. The molecule has 2 unspecified atom stereocenters. The van der Waals surface area contributed by atoms with Gasteiger partial charge in [-0.05, 0) is 45.9 Å². The van der Waals surface area contributed by atoms with Crippen LogP contribution in [-0.2, 0) is 0 Å². The molecule has 0 bridgehead atoms. The molecule has 16 heavy (non-hydrogen) atoms. The summed E-state index contributed by atoms with van der Waals surface area (Å²) in [6.07, 6.45) is 8.55. The molecule has 1 saturated carbocycles. The molecule has 0 saturated heterocycles. The van der Waals surface area contributed by atoms with Gasteiger partial charge in [0.25, 0.3) is 0 Å². The Labute approximate surface area is 104 Å². The highest BCUT2D eigenvalue weighted by atomic mass is 32.2. The van der Waals surface area contributed by atoms with Crippen molar-refractivity contribution in [2.45, 2.75) is 57.2 Å². The maximum Gasteiger partial charge on any atom is 0.0684 e. The molecule has 3 heteroatoms. The molecule has 0 aromatic carbocycles. The number of thioether (sulfide) groups is 1. The standard InChI is InChI=1S/C13H24N2S/c1-13(2,10-14)8-9-15-11-6-4-5-7-12(11)16-3/h11-12,15H,4-9H2,1-3H3. The van der Waals surface area contributed by atoms with Gasteiger partial charge in [-0.2, -0.15) is 17.0 Å². The molecule has 0 aliphatic heterocycles. The van der Waals surface area contributed by atoms with E-state index in [2.05, 4.69) is 17.6 Å². The van der Waals surface area contributed by atoms with Crippen LogP contribution in [0.4, 0.5) is 0 Å². The Morgan fingerprint density at radius 1 is 1.38 bits per heavy atom. The second-order valence-electron chi connectivity index (χ2n) is 5.36. The van der Waals surface area contributed by atoms with Crippen LogP contribution in [0.5, 0.6) is 0 Å². The first-order valence-electron chi connectivity index (χ1n) is 6.26. The zero-order valence-corrected chi connectivity index (χ0v) is 11.6. The minimum absolute atomic E-state index is 0.184. The Morgan fingerprint density at radius 2 is 2.06 bits per heavy atom. The van der Waals surface area contributed by atoms with Crippen LogP contribution in [0.1, 0.15) is 46.0 Å². The smallest absolute Gasteiger partial charge is 0.0684 e. The summed E-state index contributed by atoms with van der Waals surface area (Å²) in [6.45, 7) is 5.01. The van der Waals surface area contributed by atoms with Gasteiger partial charge >= 0.3 is 0 Å². The van der Waals surface area contributed by atoms with Crippen LogP contribution >= 0.6 is 11.8 Å². The van der Waals surface area contributed by atoms with Crippen molar-refractivity contribution in [1.82, 2.24) is 5.32 Å². The van der Waals surface area contributed by atoms with E-state index in [0.717, 1.165) is 18.2 Å². The molecule has 2 nitrogen and oxygen atoms in total. The maximum atomic E-state index is 8.95. The predicted molar refractivity (Wildman–Crippen MR) is 71.6 cm³/mol. The molecule has 0 aromatic rings. The Bertz CT molecular complexity index is 245. The largest absolute Gasteiger partial charge is 0.313 e. The van der Waals surface area contributed by atoms with E-state index in [0.29, 0.717) is 6.04 Å². The molecule has 0 heterocycles. The van der Waals surface area contributed by atoms with Crippen molar-refractivity contribution in [3.8, 4) is 6.07 Å². The SMILES string of the molecule is CSC1CCCCC1NCCC(C)(C)C#N. The highest BCUT2D eigenvalue weighted by Gasteiger charge is 2.24. The lowest BCUT2D eigenvalue weighted by Crippen LogP contribution is -2.41. The number of nitriles is 1. The number of hydrogen-bond acceptors (Lipinski definition) is 3. The van der Waals surface area contributed by atoms with E-state index < -0.39 is 0 Å². The molecule has 92 valence electrons. The van der Waals surface area contributed by atoms with Gasteiger partial charge in [-0.25, -0.2) is 0 Å². The lowest BCUT2D eigenvalue weighted by molar-refractivity contribution is 0.354. The third kappa shape index (κ3) is 4.35. The molecular weight excluding hydrogens is 216 g/mol. The molecule has 1 fully saturated rings. The van der Waals surface area contributed by atoms with Crippen molar-refractivity contribution in [2.24, 2.45) is 5.41 Å². The molecule has 0 aromatic heterocycles. The summed E-state index contributed by atoms with van der Waals surface area (Å²) in [5.41, 5.74) is -0.184. The van der Waals surface area contributed by atoms with Gasteiger partial charge in [-0.3, -0.25) is 0 Å². The molecule has 0 radical (unpaired) electrons. The van der Waals surface area contributed by atoms with Gasteiger partial charge in [-0.15, -0.1) is 0 Å². The topological polar surface area (TPSA) is 35.8 Å². The lowest BCUT2D eigenvalue weighted by Gasteiger charge is -2.31. The Hall–Kier alpha value is -0.200. The van der Waals surface area contributed by atoms with Gasteiger partial charge in [0.2, 0.25) is 0 Å². The van der Waals surface area contributed by atoms with Gasteiger partial charge in [0.1, 0.15) is 0 Å². The summed E-state index contributed by atoms with van der Waals surface area (Å²) >= 11 is 1.99. The minimum atomic E-state index is -0.184. The molecular formula is C13H24N2S. The number of hydrogen-bond donors (Lipinski definition) is 1. The average Bonchev–Trinajstić information content (AvgIpc) is 2.29. The van der Waals surface area contributed by atoms with Crippen molar-refractivity contribution in [3.05, 3.63) is 0 Å². The second kappa shape index (κ2) is 6.51. The van der Waals surface area contributed by atoms with E-state index in [4.69, 9.17) is 5.26 Å². The van der Waals surface area contributed by atoms with Crippen LogP contribution in [0, 0.1) is 16.7 Å². The van der Waals surface area contributed by atoms with E-state index in [1.165, 1.54) is 25.7 Å². The van der Waals surface area contributed by atoms with Crippen LogP contribution in [-0.4, -0.2) is 24.1 Å². The van der Waals surface area contributed by atoms with Gasteiger partial charge in [0, 0.05) is 11.3 Å². The quantitative estimate of drug-likeness (QED) is 0.801. The summed E-state index contributed by atoms with van der Waals surface area (Å²) in [6, 6.07) is 3.02. The van der Waals surface area contributed by atoms with Crippen LogP contribution in [0.25, 0.3) is 0 Å². The van der Waals surface area contributed by atoms with Crippen molar-refractivity contribution >= 4 is 11.8 Å². The lowest BCUT2D eigenvalue weighted by atomic mass is 9.90. The van der Waals surface area contributed by atoms with Crippen molar-refractivity contribution < 1.29 is 0 Å². The number of nitrogens with zero attached hydrogens (tertiary/aromatic N) is 1. The monoisotopic (exact) mass is 240 g/mol. The van der Waals surface area contributed by atoms with Gasteiger partial charge in [0.15, 0.2) is 0 Å². The van der Waals surface area contributed by atoms with Crippen LogP contribution in [0.15, 0.2) is 0 Å². The first kappa shape index (κ1) is 13.9. The fourth-order valence-electron chi connectivity index (χ4n) is 2.24. The fourth-order valence-corrected chi connectivity index (χ4v) is 3.20. The Kier molecular flexibility index (Phi) is 5.64. The third-order valence-electron chi connectivity index (χ3n) is 3.46. The molecule has 1 aliphatic carbocycles. The van der Waals surface area contributed by atoms with Crippen molar-refractivity contribution in [3.63, 3.8) is 0 Å². The highest BCUT2D eigenvalue weighted by molar-refractivity contribution is 7.99. The van der Waals surface area contributed by atoms with Gasteiger partial charge < -0.3 is 5.32 Å². The molecule has 1 aliphatic rings. The Balaban J connectivity index is 2.28. The van der Waals surface area contributed by atoms with Crippen LogP contribution in [0.3, 0.4) is 0 Å². The van der Waals surface area contributed by atoms with E-state index in [9.17, 15) is 0 Å². The summed E-state index contributed by atoms with van der Waals surface area (Å²) in [7, 11) is 0. The van der Waals surface area contributed by atoms with Crippen molar-refractivity contribution in [2.75, 3.05) is 12.8 Å². The van der Waals surface area contributed by atoms with Crippen LogP contribution < -0.4 is 5.32 Å². The number of rotatable bonds is 5. The normalized spacial score (nSPS) is 26.4. The summed E-state index contributed by atoms with van der Waals surface area (Å²) in [5.74, 6) is 0. The highest BCUT2D eigenvalue weighted by Crippen LogP contribution is 2.27. The summed E-state index contributed by atoms with van der Waals surface area (Å²) in [5, 5.41) is 13.4. The molecule has 1 N–H and O–H groups in total. The van der Waals surface area contributed by atoms with E-state index in [1.54, 1.807) is 0 Å². The van der Waals surface area contributed by atoms with E-state index >= 15 is 0 Å². The second-order valence-corrected chi connectivity index (χ2v) is 6.44. The number of nitrogens with one attached hydrogen (secondary N) is 1. The third-order valence-corrected chi connectivity index (χ3v) is 4.63. The van der Waals surface area contributed by atoms with Gasteiger partial charge in [0.05, 0.1) is 11.5 Å². The minimum Gasteiger partial charge on any atom is -0.313 e. The summed E-state index contributed by atoms with van der Waals surface area (Å²) in [4.78, 5) is 0. The fraction of sp³-hybridized carbons (Fsp3) is 0.923. The average molecular weight is 240 g/mol. The summed E-state index contributed by atoms with van der Waals surface area (Å²) < 4.78 is 0. The molecule has 0 spiro atoms. The van der Waals surface area contributed by atoms with Gasteiger partial charge in [-0.1, -0.05) is 12.8 Å². The first-order chi connectivity index (χ1) is 7.59. The van der Waals surface area contributed by atoms with E-state index in [-0.39, 0.29) is 5.41 Å².